The first-order valence-electron chi connectivity index (χ1n) is 9.20. The number of para-hydroxylation sites is 1. The van der Waals surface area contributed by atoms with Gasteiger partial charge in [0.2, 0.25) is 15.9 Å². The Labute approximate surface area is 182 Å². The standard InChI is InChI=1S/C20H22Br2N2O3S/c21-15-10-12-17(13-11-15)28(26,27)24(16-6-2-1-3-7-16)14-20(25)23-19-9-5-4-8-18(19)22/h4-5,8-13,16H,1-3,6-7,14H2,(H,23,25). The van der Waals surface area contributed by atoms with Crippen molar-refractivity contribution in [2.45, 2.75) is 43.0 Å². The maximum atomic E-state index is 13.3. The van der Waals surface area contributed by atoms with Crippen LogP contribution in [0.3, 0.4) is 0 Å². The molecule has 2 aromatic carbocycles. The van der Waals surface area contributed by atoms with E-state index in [-0.39, 0.29) is 23.4 Å². The lowest BCUT2D eigenvalue weighted by Crippen LogP contribution is -2.45. The van der Waals surface area contributed by atoms with Gasteiger partial charge in [-0.1, -0.05) is 47.3 Å². The van der Waals surface area contributed by atoms with E-state index in [9.17, 15) is 13.2 Å². The summed E-state index contributed by atoms with van der Waals surface area (Å²) in [5, 5.41) is 2.81. The summed E-state index contributed by atoms with van der Waals surface area (Å²) in [4.78, 5) is 12.9. The Kier molecular flexibility index (Phi) is 7.31. The van der Waals surface area contributed by atoms with Crippen molar-refractivity contribution in [3.05, 3.63) is 57.5 Å². The Balaban J connectivity index is 1.85. The largest absolute Gasteiger partial charge is 0.324 e. The molecule has 28 heavy (non-hydrogen) atoms. The minimum atomic E-state index is -3.77. The van der Waals surface area contributed by atoms with Crippen LogP contribution in [0, 0.1) is 0 Å². The molecule has 0 heterocycles. The van der Waals surface area contributed by atoms with Gasteiger partial charge in [0, 0.05) is 15.0 Å². The van der Waals surface area contributed by atoms with Gasteiger partial charge in [0.05, 0.1) is 17.1 Å². The first kappa shape index (κ1) is 21.5. The Hall–Kier alpha value is -1.22. The summed E-state index contributed by atoms with van der Waals surface area (Å²) in [6.07, 6.45) is 4.60. The number of halogens is 2. The number of benzene rings is 2. The third-order valence-corrected chi connectivity index (χ3v) is 7.98. The lowest BCUT2D eigenvalue weighted by Gasteiger charge is -2.33. The van der Waals surface area contributed by atoms with Crippen LogP contribution in [0.25, 0.3) is 0 Å². The number of anilines is 1. The van der Waals surface area contributed by atoms with Crippen molar-refractivity contribution in [3.63, 3.8) is 0 Å². The predicted octanol–water partition coefficient (Wildman–Crippen LogP) is 5.17. The molecule has 1 N–H and O–H groups in total. The summed E-state index contributed by atoms with van der Waals surface area (Å²) in [6, 6.07) is 13.7. The number of sulfonamides is 1. The maximum Gasteiger partial charge on any atom is 0.243 e. The van der Waals surface area contributed by atoms with Gasteiger partial charge in [-0.05, 0) is 65.2 Å². The summed E-state index contributed by atoms with van der Waals surface area (Å²) < 4.78 is 29.6. The number of amides is 1. The number of hydrogen-bond donors (Lipinski definition) is 1. The normalized spacial score (nSPS) is 15.5. The van der Waals surface area contributed by atoms with Crippen molar-refractivity contribution < 1.29 is 13.2 Å². The van der Waals surface area contributed by atoms with Crippen LogP contribution in [0.5, 0.6) is 0 Å². The molecule has 0 bridgehead atoms. The zero-order valence-corrected chi connectivity index (χ0v) is 19.3. The lowest BCUT2D eigenvalue weighted by molar-refractivity contribution is -0.116. The second-order valence-electron chi connectivity index (χ2n) is 6.82. The van der Waals surface area contributed by atoms with Crippen LogP contribution in [-0.2, 0) is 14.8 Å². The molecule has 0 spiro atoms. The molecule has 3 rings (SSSR count). The number of hydrogen-bond acceptors (Lipinski definition) is 3. The molecule has 150 valence electrons. The van der Waals surface area contributed by atoms with Gasteiger partial charge in [-0.25, -0.2) is 8.42 Å². The minimum Gasteiger partial charge on any atom is -0.324 e. The fraction of sp³-hybridized carbons (Fsp3) is 0.350. The van der Waals surface area contributed by atoms with Crippen molar-refractivity contribution in [2.75, 3.05) is 11.9 Å². The molecule has 1 amide bonds. The summed E-state index contributed by atoms with van der Waals surface area (Å²) in [5.74, 6) is -0.349. The maximum absolute atomic E-state index is 13.3. The molecule has 1 aliphatic rings. The van der Waals surface area contributed by atoms with Crippen molar-refractivity contribution in [3.8, 4) is 0 Å². The predicted molar refractivity (Wildman–Crippen MR) is 118 cm³/mol. The van der Waals surface area contributed by atoms with Crippen molar-refractivity contribution in [2.24, 2.45) is 0 Å². The molecule has 0 radical (unpaired) electrons. The SMILES string of the molecule is O=C(CN(C1CCCCC1)S(=O)(=O)c1ccc(Br)cc1)Nc1ccccc1Br. The molecule has 1 fully saturated rings. The van der Waals surface area contributed by atoms with Crippen molar-refractivity contribution >= 4 is 53.5 Å². The molecule has 1 aliphatic carbocycles. The van der Waals surface area contributed by atoms with E-state index in [4.69, 9.17) is 0 Å². The Morgan fingerprint density at radius 2 is 1.64 bits per heavy atom. The molecule has 0 aliphatic heterocycles. The third kappa shape index (κ3) is 5.23. The van der Waals surface area contributed by atoms with E-state index >= 15 is 0 Å². The number of nitrogens with one attached hydrogen (secondary N) is 1. The molecule has 2 aromatic rings. The first-order chi connectivity index (χ1) is 13.4. The highest BCUT2D eigenvalue weighted by Gasteiger charge is 2.34. The van der Waals surface area contributed by atoms with E-state index in [2.05, 4.69) is 37.2 Å². The molecular formula is C20H22Br2N2O3S. The van der Waals surface area contributed by atoms with Crippen LogP contribution in [0.15, 0.2) is 62.4 Å². The van der Waals surface area contributed by atoms with Gasteiger partial charge >= 0.3 is 0 Å². The summed E-state index contributed by atoms with van der Waals surface area (Å²) in [7, 11) is -3.77. The highest BCUT2D eigenvalue weighted by atomic mass is 79.9. The second kappa shape index (κ2) is 9.52. The molecule has 0 aromatic heterocycles. The topological polar surface area (TPSA) is 66.5 Å². The van der Waals surface area contributed by atoms with Crippen molar-refractivity contribution in [1.82, 2.24) is 4.31 Å². The van der Waals surface area contributed by atoms with Crippen LogP contribution < -0.4 is 5.32 Å². The van der Waals surface area contributed by atoms with Gasteiger partial charge in [0.1, 0.15) is 0 Å². The lowest BCUT2D eigenvalue weighted by atomic mass is 9.95. The zero-order valence-electron chi connectivity index (χ0n) is 15.3. The Bertz CT molecular complexity index is 927. The minimum absolute atomic E-state index is 0.160. The van der Waals surface area contributed by atoms with Crippen LogP contribution in [0.4, 0.5) is 5.69 Å². The molecule has 1 saturated carbocycles. The quantitative estimate of drug-likeness (QED) is 0.561. The average molecular weight is 530 g/mol. The summed E-state index contributed by atoms with van der Waals surface area (Å²) >= 11 is 6.73. The van der Waals surface area contributed by atoms with Gasteiger partial charge < -0.3 is 5.32 Å². The number of nitrogens with zero attached hydrogens (tertiary/aromatic N) is 1. The molecular weight excluding hydrogens is 508 g/mol. The van der Waals surface area contributed by atoms with Crippen molar-refractivity contribution in [1.29, 1.82) is 0 Å². The van der Waals surface area contributed by atoms with E-state index in [0.717, 1.165) is 41.0 Å². The van der Waals surface area contributed by atoms with E-state index in [0.29, 0.717) is 5.69 Å². The highest BCUT2D eigenvalue weighted by Crippen LogP contribution is 2.29. The average Bonchev–Trinajstić information content (AvgIpc) is 2.69. The van der Waals surface area contributed by atoms with Crippen LogP contribution in [0.2, 0.25) is 0 Å². The van der Waals surface area contributed by atoms with Gasteiger partial charge in [-0.15, -0.1) is 0 Å². The molecule has 0 saturated heterocycles. The number of carbonyl (C=O) groups excluding carboxylic acids is 1. The van der Waals surface area contributed by atoms with Gasteiger partial charge in [-0.3, -0.25) is 4.79 Å². The van der Waals surface area contributed by atoms with Gasteiger partial charge in [0.15, 0.2) is 0 Å². The van der Waals surface area contributed by atoms with Gasteiger partial charge in [-0.2, -0.15) is 4.31 Å². The summed E-state index contributed by atoms with van der Waals surface area (Å²) in [6.45, 7) is -0.204. The smallest absolute Gasteiger partial charge is 0.243 e. The fourth-order valence-corrected chi connectivity index (χ4v) is 5.70. The van der Waals surface area contributed by atoms with E-state index in [1.54, 1.807) is 30.3 Å². The second-order valence-corrected chi connectivity index (χ2v) is 10.5. The number of rotatable bonds is 6. The van der Waals surface area contributed by atoms with Crippen LogP contribution in [0.1, 0.15) is 32.1 Å². The first-order valence-corrected chi connectivity index (χ1v) is 12.2. The molecule has 8 heteroatoms. The molecule has 5 nitrogen and oxygen atoms in total. The zero-order chi connectivity index (χ0) is 20.1. The number of carbonyl (C=O) groups is 1. The Morgan fingerprint density at radius 3 is 2.29 bits per heavy atom. The fourth-order valence-electron chi connectivity index (χ4n) is 3.42. The van der Waals surface area contributed by atoms with Crippen LogP contribution >= 0.6 is 31.9 Å². The molecule has 0 atom stereocenters. The van der Waals surface area contributed by atoms with E-state index < -0.39 is 10.0 Å². The van der Waals surface area contributed by atoms with Gasteiger partial charge in [0.25, 0.3) is 0 Å². The highest BCUT2D eigenvalue weighted by molar-refractivity contribution is 9.10. The molecule has 0 unspecified atom stereocenters. The Morgan fingerprint density at radius 1 is 1.00 bits per heavy atom. The summed E-state index contributed by atoms with van der Waals surface area (Å²) in [5.41, 5.74) is 0.622. The van der Waals surface area contributed by atoms with E-state index in [1.807, 2.05) is 18.2 Å². The van der Waals surface area contributed by atoms with Crippen LogP contribution in [-0.4, -0.2) is 31.2 Å². The monoisotopic (exact) mass is 528 g/mol. The van der Waals surface area contributed by atoms with E-state index in [1.165, 1.54) is 4.31 Å². The third-order valence-electron chi connectivity index (χ3n) is 4.85.